The van der Waals surface area contributed by atoms with Gasteiger partial charge in [-0.3, -0.25) is 9.52 Å². The highest BCUT2D eigenvalue weighted by Crippen LogP contribution is 2.22. The minimum absolute atomic E-state index is 0.113. The van der Waals surface area contributed by atoms with E-state index in [-0.39, 0.29) is 22.4 Å². The predicted molar refractivity (Wildman–Crippen MR) is 105 cm³/mol. The van der Waals surface area contributed by atoms with Gasteiger partial charge in [0.2, 0.25) is 5.91 Å². The number of aromatic nitrogens is 1. The highest BCUT2D eigenvalue weighted by molar-refractivity contribution is 7.93. The van der Waals surface area contributed by atoms with Crippen molar-refractivity contribution in [3.63, 3.8) is 0 Å². The zero-order valence-corrected chi connectivity index (χ0v) is 16.7. The third-order valence-electron chi connectivity index (χ3n) is 3.79. The van der Waals surface area contributed by atoms with Crippen LogP contribution < -0.4 is 14.8 Å². The number of benzene rings is 1. The van der Waals surface area contributed by atoms with Crippen LogP contribution >= 0.6 is 11.3 Å². The molecule has 28 heavy (non-hydrogen) atoms. The zero-order valence-electron chi connectivity index (χ0n) is 15.0. The topological polar surface area (TPSA) is 111 Å². The van der Waals surface area contributed by atoms with E-state index in [1.54, 1.807) is 35.9 Å². The number of aryl methyl sites for hydroxylation is 1. The zero-order chi connectivity index (χ0) is 20.0. The van der Waals surface area contributed by atoms with Crippen LogP contribution in [0.25, 0.3) is 0 Å². The van der Waals surface area contributed by atoms with Gasteiger partial charge in [0.05, 0.1) is 30.5 Å². The molecule has 1 aromatic carbocycles. The molecule has 0 saturated heterocycles. The molecule has 0 saturated carbocycles. The number of thiazole rings is 1. The average molecular weight is 422 g/mol. The Labute approximate surface area is 166 Å². The number of nitrogens with one attached hydrogen (secondary N) is 2. The van der Waals surface area contributed by atoms with E-state index in [0.717, 1.165) is 0 Å². The first-order valence-corrected chi connectivity index (χ1v) is 10.7. The molecule has 0 fully saturated rings. The maximum atomic E-state index is 12.4. The number of rotatable bonds is 9. The Morgan fingerprint density at radius 2 is 2.04 bits per heavy atom. The first-order valence-electron chi connectivity index (χ1n) is 8.36. The van der Waals surface area contributed by atoms with Crippen molar-refractivity contribution < 1.29 is 22.4 Å². The normalized spacial score (nSPS) is 11.2. The molecular weight excluding hydrogens is 402 g/mol. The van der Waals surface area contributed by atoms with Crippen LogP contribution in [0.4, 0.5) is 5.13 Å². The molecule has 0 atom stereocenters. The Morgan fingerprint density at radius 1 is 1.25 bits per heavy atom. The van der Waals surface area contributed by atoms with Gasteiger partial charge in [-0.1, -0.05) is 0 Å². The van der Waals surface area contributed by atoms with Crippen LogP contribution in [0.3, 0.4) is 0 Å². The smallest absolute Gasteiger partial charge is 0.263 e. The van der Waals surface area contributed by atoms with Crippen molar-refractivity contribution in [2.45, 2.75) is 24.3 Å². The molecule has 148 valence electrons. The molecule has 3 rings (SSSR count). The molecule has 8 nitrogen and oxygen atoms in total. The van der Waals surface area contributed by atoms with E-state index in [2.05, 4.69) is 15.0 Å². The molecule has 0 unspecified atom stereocenters. The fraction of sp³-hybridized carbons (Fsp3) is 0.222. The number of hydrogen-bond acceptors (Lipinski definition) is 7. The van der Waals surface area contributed by atoms with Crippen LogP contribution in [-0.4, -0.2) is 26.4 Å². The number of sulfonamides is 1. The minimum Gasteiger partial charge on any atom is -0.497 e. The van der Waals surface area contributed by atoms with Gasteiger partial charge in [0.25, 0.3) is 10.0 Å². The number of anilines is 1. The maximum Gasteiger partial charge on any atom is 0.263 e. The Kier molecular flexibility index (Phi) is 6.32. The summed E-state index contributed by atoms with van der Waals surface area (Å²) in [6, 6.07) is 9.59. The van der Waals surface area contributed by atoms with E-state index in [1.165, 1.54) is 30.6 Å². The summed E-state index contributed by atoms with van der Waals surface area (Å²) in [4.78, 5) is 16.2. The Morgan fingerprint density at radius 3 is 2.71 bits per heavy atom. The first-order chi connectivity index (χ1) is 13.5. The minimum atomic E-state index is -3.74. The molecule has 0 aliphatic carbocycles. The average Bonchev–Trinajstić information content (AvgIpc) is 3.36. The van der Waals surface area contributed by atoms with E-state index in [4.69, 9.17) is 9.15 Å². The highest BCUT2D eigenvalue weighted by Gasteiger charge is 2.16. The molecule has 0 radical (unpaired) electrons. The van der Waals surface area contributed by atoms with Gasteiger partial charge in [-0.2, -0.15) is 0 Å². The number of methoxy groups -OCH3 is 1. The van der Waals surface area contributed by atoms with E-state index >= 15 is 0 Å². The lowest BCUT2D eigenvalue weighted by Crippen LogP contribution is -2.22. The second kappa shape index (κ2) is 8.89. The van der Waals surface area contributed by atoms with Crippen LogP contribution in [0.1, 0.15) is 17.9 Å². The molecule has 2 aromatic heterocycles. The van der Waals surface area contributed by atoms with E-state index in [0.29, 0.717) is 30.2 Å². The van der Waals surface area contributed by atoms with Gasteiger partial charge in [0, 0.05) is 11.8 Å². The van der Waals surface area contributed by atoms with Crippen LogP contribution in [0, 0.1) is 0 Å². The standard InChI is InChI=1S/C18H19N3O5S2/c1-25-14-5-7-16(8-6-14)28(23,24)21-18-20-13(12-27-18)4-9-17(22)19-11-15-3-2-10-26-15/h2-3,5-8,10,12H,4,9,11H2,1H3,(H,19,22)(H,20,21). The quantitative estimate of drug-likeness (QED) is 0.550. The van der Waals surface area contributed by atoms with Gasteiger partial charge in [-0.15, -0.1) is 11.3 Å². The summed E-state index contributed by atoms with van der Waals surface area (Å²) in [5.41, 5.74) is 0.644. The molecule has 0 bridgehead atoms. The second-order valence-corrected chi connectivity index (χ2v) is 8.32. The third-order valence-corrected chi connectivity index (χ3v) is 6.08. The van der Waals surface area contributed by atoms with Crippen molar-refractivity contribution in [1.29, 1.82) is 0 Å². The summed E-state index contributed by atoms with van der Waals surface area (Å²) >= 11 is 1.17. The molecule has 2 heterocycles. The van der Waals surface area contributed by atoms with Crippen molar-refractivity contribution in [2.75, 3.05) is 11.8 Å². The Hall–Kier alpha value is -2.85. The fourth-order valence-electron chi connectivity index (χ4n) is 2.33. The number of nitrogens with zero attached hydrogens (tertiary/aromatic N) is 1. The summed E-state index contributed by atoms with van der Waals surface area (Å²) < 4.78 is 37.5. The van der Waals surface area contributed by atoms with Gasteiger partial charge in [0.1, 0.15) is 11.5 Å². The fourth-order valence-corrected chi connectivity index (χ4v) is 4.32. The van der Waals surface area contributed by atoms with Crippen molar-refractivity contribution >= 4 is 32.4 Å². The summed E-state index contributed by atoms with van der Waals surface area (Å²) in [5, 5.41) is 4.73. The second-order valence-electron chi connectivity index (χ2n) is 5.78. The molecule has 2 N–H and O–H groups in total. The monoisotopic (exact) mass is 421 g/mol. The molecule has 3 aromatic rings. The number of amides is 1. The van der Waals surface area contributed by atoms with Gasteiger partial charge < -0.3 is 14.5 Å². The van der Waals surface area contributed by atoms with Crippen LogP contribution in [0.15, 0.2) is 57.4 Å². The summed E-state index contributed by atoms with van der Waals surface area (Å²) in [7, 11) is -2.23. The van der Waals surface area contributed by atoms with Gasteiger partial charge >= 0.3 is 0 Å². The number of furan rings is 1. The Bertz CT molecular complexity index is 1010. The number of hydrogen-bond donors (Lipinski definition) is 2. The van der Waals surface area contributed by atoms with Gasteiger partial charge in [-0.05, 0) is 42.8 Å². The van der Waals surface area contributed by atoms with E-state index in [1.807, 2.05) is 0 Å². The summed E-state index contributed by atoms with van der Waals surface area (Å²) in [5.74, 6) is 1.11. The van der Waals surface area contributed by atoms with Crippen LogP contribution in [0.2, 0.25) is 0 Å². The molecule has 1 amide bonds. The SMILES string of the molecule is COc1ccc(S(=O)(=O)Nc2nc(CCC(=O)NCc3ccco3)cs2)cc1. The number of carbonyl (C=O) groups excluding carboxylic acids is 1. The summed E-state index contributed by atoms with van der Waals surface area (Å²) in [6.45, 7) is 0.329. The van der Waals surface area contributed by atoms with Crippen molar-refractivity contribution in [1.82, 2.24) is 10.3 Å². The molecular formula is C18H19N3O5S2. The lowest BCUT2D eigenvalue weighted by molar-refractivity contribution is -0.121. The van der Waals surface area contributed by atoms with Crippen LogP contribution in [-0.2, 0) is 27.8 Å². The van der Waals surface area contributed by atoms with Gasteiger partial charge in [-0.25, -0.2) is 13.4 Å². The van der Waals surface area contributed by atoms with Gasteiger partial charge in [0.15, 0.2) is 5.13 Å². The highest BCUT2D eigenvalue weighted by atomic mass is 32.2. The first kappa shape index (κ1) is 19.9. The Balaban J connectivity index is 1.52. The van der Waals surface area contributed by atoms with Crippen molar-refractivity contribution in [2.24, 2.45) is 0 Å². The largest absolute Gasteiger partial charge is 0.497 e. The van der Waals surface area contributed by atoms with Crippen LogP contribution in [0.5, 0.6) is 5.75 Å². The lowest BCUT2D eigenvalue weighted by Gasteiger charge is -2.06. The molecule has 0 aliphatic heterocycles. The van der Waals surface area contributed by atoms with E-state index < -0.39 is 10.0 Å². The number of ether oxygens (including phenoxy) is 1. The van der Waals surface area contributed by atoms with E-state index in [9.17, 15) is 13.2 Å². The number of carbonyl (C=O) groups is 1. The third kappa shape index (κ3) is 5.33. The van der Waals surface area contributed by atoms with Crippen molar-refractivity contribution in [3.8, 4) is 5.75 Å². The molecule has 0 spiro atoms. The maximum absolute atomic E-state index is 12.4. The lowest BCUT2D eigenvalue weighted by atomic mass is 10.2. The summed E-state index contributed by atoms with van der Waals surface area (Å²) in [6.07, 6.45) is 2.20. The van der Waals surface area contributed by atoms with Crippen molar-refractivity contribution in [3.05, 3.63) is 59.5 Å². The predicted octanol–water partition coefficient (Wildman–Crippen LogP) is 2.79. The molecule has 0 aliphatic rings. The molecule has 10 heteroatoms.